The number of halogens is 1. The topological polar surface area (TPSA) is 12.0 Å². The minimum atomic E-state index is -0.0988. The van der Waals surface area contributed by atoms with Crippen molar-refractivity contribution in [3.8, 4) is 0 Å². The van der Waals surface area contributed by atoms with Gasteiger partial charge in [-0.2, -0.15) is 0 Å². The summed E-state index contributed by atoms with van der Waals surface area (Å²) in [4.78, 5) is 0. The Kier molecular flexibility index (Phi) is 4.70. The molecule has 96 valence electrons. The summed E-state index contributed by atoms with van der Waals surface area (Å²) in [6.07, 6.45) is 2.03. The molecule has 0 saturated heterocycles. The second-order valence-electron chi connectivity index (χ2n) is 5.97. The number of hydrogen-bond donors (Lipinski definition) is 1. The second-order valence-corrected chi connectivity index (χ2v) is 5.97. The first-order valence-corrected chi connectivity index (χ1v) is 6.27. The van der Waals surface area contributed by atoms with Gasteiger partial charge in [0.1, 0.15) is 5.82 Å². The molecule has 0 radical (unpaired) electrons. The van der Waals surface area contributed by atoms with Gasteiger partial charge in [0, 0.05) is 11.6 Å². The molecule has 0 saturated carbocycles. The van der Waals surface area contributed by atoms with Crippen LogP contribution in [0.5, 0.6) is 0 Å². The first kappa shape index (κ1) is 14.2. The highest BCUT2D eigenvalue weighted by Gasteiger charge is 2.18. The van der Waals surface area contributed by atoms with Crippen molar-refractivity contribution in [1.29, 1.82) is 0 Å². The lowest BCUT2D eigenvalue weighted by atomic mass is 9.87. The third kappa shape index (κ3) is 4.47. The molecule has 0 spiro atoms. The van der Waals surface area contributed by atoms with Gasteiger partial charge in [0.15, 0.2) is 0 Å². The average molecular weight is 237 g/mol. The molecule has 1 unspecified atom stereocenters. The van der Waals surface area contributed by atoms with E-state index in [0.29, 0.717) is 0 Å². The highest BCUT2D eigenvalue weighted by Crippen LogP contribution is 2.28. The molecule has 1 aromatic rings. The number of hydrogen-bond acceptors (Lipinski definition) is 1. The van der Waals surface area contributed by atoms with Crippen molar-refractivity contribution < 1.29 is 4.39 Å². The molecule has 0 aliphatic rings. The van der Waals surface area contributed by atoms with Crippen LogP contribution >= 0.6 is 0 Å². The average Bonchev–Trinajstić information content (AvgIpc) is 2.19. The normalized spacial score (nSPS) is 13.8. The zero-order valence-electron chi connectivity index (χ0n) is 11.6. The molecule has 17 heavy (non-hydrogen) atoms. The van der Waals surface area contributed by atoms with Crippen molar-refractivity contribution in [3.05, 3.63) is 35.1 Å². The number of aryl methyl sites for hydroxylation is 1. The van der Waals surface area contributed by atoms with Gasteiger partial charge in [-0.05, 0) is 43.9 Å². The summed E-state index contributed by atoms with van der Waals surface area (Å²) in [5, 5.41) is 3.21. The molecule has 0 bridgehead atoms. The quantitative estimate of drug-likeness (QED) is 0.826. The smallest absolute Gasteiger partial charge is 0.128 e. The van der Waals surface area contributed by atoms with Crippen LogP contribution in [0.25, 0.3) is 0 Å². The van der Waals surface area contributed by atoms with E-state index in [1.165, 1.54) is 0 Å². The van der Waals surface area contributed by atoms with Gasteiger partial charge in [0.25, 0.3) is 0 Å². The largest absolute Gasteiger partial charge is 0.313 e. The van der Waals surface area contributed by atoms with Crippen molar-refractivity contribution in [2.24, 2.45) is 5.41 Å². The molecule has 0 aliphatic carbocycles. The molecule has 1 nitrogen and oxygen atoms in total. The predicted octanol–water partition coefficient (Wildman–Crippen LogP) is 4.22. The Hall–Kier alpha value is -0.890. The van der Waals surface area contributed by atoms with Crippen LogP contribution in [0.4, 0.5) is 4.39 Å². The van der Waals surface area contributed by atoms with Gasteiger partial charge in [-0.25, -0.2) is 4.39 Å². The predicted molar refractivity (Wildman–Crippen MR) is 71.6 cm³/mol. The lowest BCUT2D eigenvalue weighted by Crippen LogP contribution is -2.20. The number of nitrogens with one attached hydrogen (secondary N) is 1. The van der Waals surface area contributed by atoms with Crippen LogP contribution in [-0.2, 0) is 0 Å². The van der Waals surface area contributed by atoms with Gasteiger partial charge >= 0.3 is 0 Å². The van der Waals surface area contributed by atoms with Crippen molar-refractivity contribution in [2.75, 3.05) is 7.05 Å². The van der Waals surface area contributed by atoms with Crippen molar-refractivity contribution in [2.45, 2.75) is 46.6 Å². The summed E-state index contributed by atoms with van der Waals surface area (Å²) in [5.41, 5.74) is 2.04. The molecule has 1 rings (SSSR count). The van der Waals surface area contributed by atoms with E-state index >= 15 is 0 Å². The summed E-state index contributed by atoms with van der Waals surface area (Å²) in [5.74, 6) is -0.0988. The maximum atomic E-state index is 13.9. The number of rotatable bonds is 4. The fourth-order valence-corrected chi connectivity index (χ4v) is 1.95. The maximum absolute atomic E-state index is 13.9. The fourth-order valence-electron chi connectivity index (χ4n) is 1.95. The van der Waals surface area contributed by atoms with Crippen LogP contribution in [0.15, 0.2) is 18.2 Å². The summed E-state index contributed by atoms with van der Waals surface area (Å²) < 4.78 is 13.9. The van der Waals surface area contributed by atoms with E-state index in [1.54, 1.807) is 6.07 Å². The van der Waals surface area contributed by atoms with E-state index in [1.807, 2.05) is 26.1 Å². The van der Waals surface area contributed by atoms with Crippen molar-refractivity contribution in [1.82, 2.24) is 5.32 Å². The third-order valence-corrected chi connectivity index (χ3v) is 3.06. The molecule has 1 N–H and O–H groups in total. The van der Waals surface area contributed by atoms with E-state index in [9.17, 15) is 4.39 Å². The molecule has 0 fully saturated rings. The zero-order chi connectivity index (χ0) is 13.1. The van der Waals surface area contributed by atoms with Crippen LogP contribution < -0.4 is 5.32 Å². The molecule has 0 amide bonds. The summed E-state index contributed by atoms with van der Waals surface area (Å²) in [6, 6.07) is 5.58. The number of benzene rings is 1. The van der Waals surface area contributed by atoms with Crippen LogP contribution in [0, 0.1) is 18.2 Å². The first-order chi connectivity index (χ1) is 7.83. The van der Waals surface area contributed by atoms with E-state index in [-0.39, 0.29) is 17.3 Å². The Morgan fingerprint density at radius 1 is 1.29 bits per heavy atom. The van der Waals surface area contributed by atoms with Crippen LogP contribution in [-0.4, -0.2) is 7.05 Å². The maximum Gasteiger partial charge on any atom is 0.128 e. The van der Waals surface area contributed by atoms with Gasteiger partial charge in [-0.1, -0.05) is 32.9 Å². The van der Waals surface area contributed by atoms with Crippen molar-refractivity contribution in [3.63, 3.8) is 0 Å². The molecule has 0 aromatic heterocycles. The van der Waals surface area contributed by atoms with Crippen LogP contribution in [0.2, 0.25) is 0 Å². The highest BCUT2D eigenvalue weighted by atomic mass is 19.1. The zero-order valence-corrected chi connectivity index (χ0v) is 11.6. The van der Waals surface area contributed by atoms with E-state index in [2.05, 4.69) is 26.1 Å². The Bertz CT molecular complexity index is 366. The second kappa shape index (κ2) is 5.63. The molecule has 1 atom stereocenters. The lowest BCUT2D eigenvalue weighted by Gasteiger charge is -2.23. The Morgan fingerprint density at radius 2 is 1.94 bits per heavy atom. The summed E-state index contributed by atoms with van der Waals surface area (Å²) in [7, 11) is 1.90. The first-order valence-electron chi connectivity index (χ1n) is 6.27. The van der Waals surface area contributed by atoms with Crippen LogP contribution in [0.1, 0.15) is 50.8 Å². The summed E-state index contributed by atoms with van der Waals surface area (Å²) in [6.45, 7) is 8.55. The van der Waals surface area contributed by atoms with Crippen LogP contribution in [0.3, 0.4) is 0 Å². The van der Waals surface area contributed by atoms with Gasteiger partial charge in [-0.15, -0.1) is 0 Å². The van der Waals surface area contributed by atoms with Gasteiger partial charge < -0.3 is 5.32 Å². The van der Waals surface area contributed by atoms with Gasteiger partial charge in [0.2, 0.25) is 0 Å². The Balaban J connectivity index is 2.79. The van der Waals surface area contributed by atoms with E-state index < -0.39 is 0 Å². The molecule has 2 heteroatoms. The van der Waals surface area contributed by atoms with Gasteiger partial charge in [-0.3, -0.25) is 0 Å². The monoisotopic (exact) mass is 237 g/mol. The third-order valence-electron chi connectivity index (χ3n) is 3.06. The van der Waals surface area contributed by atoms with E-state index in [0.717, 1.165) is 24.0 Å². The Morgan fingerprint density at radius 3 is 2.41 bits per heavy atom. The lowest BCUT2D eigenvalue weighted by molar-refractivity contribution is 0.335. The minimum absolute atomic E-state index is 0.0988. The molecular weight excluding hydrogens is 213 g/mol. The Labute approximate surface area is 104 Å². The molecule has 0 heterocycles. The van der Waals surface area contributed by atoms with Crippen molar-refractivity contribution >= 4 is 0 Å². The fraction of sp³-hybridized carbons (Fsp3) is 0.600. The highest BCUT2D eigenvalue weighted by molar-refractivity contribution is 5.26. The summed E-state index contributed by atoms with van der Waals surface area (Å²) >= 11 is 0. The SMILES string of the molecule is CNC(CCC(C)(C)C)c1ccc(C)cc1F. The molecule has 1 aromatic carbocycles. The molecular formula is C15H24FN. The molecule has 0 aliphatic heterocycles. The minimum Gasteiger partial charge on any atom is -0.313 e. The van der Waals surface area contributed by atoms with Gasteiger partial charge in [0.05, 0.1) is 0 Å². The van der Waals surface area contributed by atoms with E-state index in [4.69, 9.17) is 0 Å². The standard InChI is InChI=1S/C15H24FN/c1-11-6-7-12(13(16)10-11)14(17-5)8-9-15(2,3)4/h6-7,10,14,17H,8-9H2,1-5H3.